The Balaban J connectivity index is 1.98. The molecule has 0 aliphatic heterocycles. The number of amides is 1. The summed E-state index contributed by atoms with van der Waals surface area (Å²) in [6.45, 7) is 4.43. The molecule has 1 fully saturated rings. The second-order valence-corrected chi connectivity index (χ2v) is 5.38. The predicted octanol–water partition coefficient (Wildman–Crippen LogP) is 3.21. The average Bonchev–Trinajstić information content (AvgIpc) is 2.79. The zero-order chi connectivity index (χ0) is 11.7. The first-order chi connectivity index (χ1) is 7.58. The number of carbonyl (C=O) groups is 1. The summed E-state index contributed by atoms with van der Waals surface area (Å²) < 4.78 is 5.81. The molecule has 3 atom stereocenters. The zero-order valence-electron chi connectivity index (χ0n) is 9.50. The normalized spacial score (nSPS) is 29.3. The second kappa shape index (κ2) is 4.62. The van der Waals surface area contributed by atoms with Crippen LogP contribution in [-0.4, -0.2) is 11.9 Å². The molecule has 16 heavy (non-hydrogen) atoms. The molecule has 4 heteroatoms. The van der Waals surface area contributed by atoms with E-state index in [2.05, 4.69) is 35.1 Å². The summed E-state index contributed by atoms with van der Waals surface area (Å²) in [4.78, 5) is 11.8. The van der Waals surface area contributed by atoms with Gasteiger partial charge < -0.3 is 9.73 Å². The molecule has 0 bridgehead atoms. The third kappa shape index (κ3) is 2.32. The highest BCUT2D eigenvalue weighted by molar-refractivity contribution is 9.10. The Morgan fingerprint density at radius 1 is 1.44 bits per heavy atom. The standard InChI is InChI=1S/C12H16BrNO2/c1-7-3-4-9(8(7)2)14-12(15)10-5-6-11(13)16-10/h5-9H,3-4H2,1-2H3,(H,14,15). The Labute approximate surface area is 104 Å². The quantitative estimate of drug-likeness (QED) is 0.907. The van der Waals surface area contributed by atoms with Gasteiger partial charge in [-0.05, 0) is 52.7 Å². The van der Waals surface area contributed by atoms with Crippen LogP contribution in [0.25, 0.3) is 0 Å². The van der Waals surface area contributed by atoms with Crippen molar-refractivity contribution in [2.75, 3.05) is 0 Å². The number of carbonyl (C=O) groups excluding carboxylic acids is 1. The van der Waals surface area contributed by atoms with Gasteiger partial charge in [-0.1, -0.05) is 13.8 Å². The van der Waals surface area contributed by atoms with E-state index in [0.29, 0.717) is 22.3 Å². The minimum atomic E-state index is -0.114. The smallest absolute Gasteiger partial charge is 0.287 e. The molecule has 3 nitrogen and oxygen atoms in total. The summed E-state index contributed by atoms with van der Waals surface area (Å²) in [5.41, 5.74) is 0. The highest BCUT2D eigenvalue weighted by Crippen LogP contribution is 2.31. The monoisotopic (exact) mass is 285 g/mol. The maximum atomic E-state index is 11.8. The fourth-order valence-corrected chi connectivity index (χ4v) is 2.55. The lowest BCUT2D eigenvalue weighted by atomic mass is 9.98. The lowest BCUT2D eigenvalue weighted by molar-refractivity contribution is 0.0898. The Kier molecular flexibility index (Phi) is 3.38. The van der Waals surface area contributed by atoms with E-state index in [-0.39, 0.29) is 11.9 Å². The third-order valence-electron chi connectivity index (χ3n) is 3.58. The van der Waals surface area contributed by atoms with Gasteiger partial charge in [0, 0.05) is 6.04 Å². The zero-order valence-corrected chi connectivity index (χ0v) is 11.1. The molecule has 1 aromatic heterocycles. The van der Waals surface area contributed by atoms with Crippen molar-refractivity contribution in [3.8, 4) is 0 Å². The first-order valence-electron chi connectivity index (χ1n) is 5.64. The molecule has 2 rings (SSSR count). The summed E-state index contributed by atoms with van der Waals surface area (Å²) in [5, 5.41) is 3.04. The van der Waals surface area contributed by atoms with E-state index in [9.17, 15) is 4.79 Å². The lowest BCUT2D eigenvalue weighted by Gasteiger charge is -2.18. The highest BCUT2D eigenvalue weighted by atomic mass is 79.9. The van der Waals surface area contributed by atoms with Gasteiger partial charge >= 0.3 is 0 Å². The molecule has 0 spiro atoms. The van der Waals surface area contributed by atoms with Crippen molar-refractivity contribution >= 4 is 21.8 Å². The number of hydrogen-bond donors (Lipinski definition) is 1. The largest absolute Gasteiger partial charge is 0.444 e. The number of furan rings is 1. The van der Waals surface area contributed by atoms with Crippen molar-refractivity contribution in [3.05, 3.63) is 22.6 Å². The van der Waals surface area contributed by atoms with Gasteiger partial charge in [0.1, 0.15) is 0 Å². The molecular weight excluding hydrogens is 270 g/mol. The lowest BCUT2D eigenvalue weighted by Crippen LogP contribution is -2.37. The van der Waals surface area contributed by atoms with Crippen molar-refractivity contribution < 1.29 is 9.21 Å². The molecule has 1 aromatic rings. The van der Waals surface area contributed by atoms with Crippen molar-refractivity contribution in [1.82, 2.24) is 5.32 Å². The number of hydrogen-bond acceptors (Lipinski definition) is 2. The van der Waals surface area contributed by atoms with Gasteiger partial charge in [-0.2, -0.15) is 0 Å². The Morgan fingerprint density at radius 3 is 2.69 bits per heavy atom. The SMILES string of the molecule is CC1CCC(NC(=O)c2ccc(Br)o2)C1C. The van der Waals surface area contributed by atoms with Crippen LogP contribution in [0.1, 0.15) is 37.2 Å². The average molecular weight is 286 g/mol. The molecule has 1 aliphatic rings. The Hall–Kier alpha value is -0.770. The topological polar surface area (TPSA) is 42.2 Å². The van der Waals surface area contributed by atoms with E-state index in [1.54, 1.807) is 12.1 Å². The van der Waals surface area contributed by atoms with Crippen LogP contribution in [0.5, 0.6) is 0 Å². The van der Waals surface area contributed by atoms with E-state index >= 15 is 0 Å². The number of halogens is 1. The van der Waals surface area contributed by atoms with Gasteiger partial charge in [0.2, 0.25) is 0 Å². The summed E-state index contributed by atoms with van der Waals surface area (Å²) >= 11 is 3.19. The van der Waals surface area contributed by atoms with Crippen LogP contribution in [0.4, 0.5) is 0 Å². The number of nitrogens with one attached hydrogen (secondary N) is 1. The summed E-state index contributed by atoms with van der Waals surface area (Å²) in [5.74, 6) is 1.49. The van der Waals surface area contributed by atoms with Crippen molar-refractivity contribution in [2.24, 2.45) is 11.8 Å². The molecule has 0 saturated heterocycles. The first kappa shape index (κ1) is 11.7. The van der Waals surface area contributed by atoms with E-state index in [1.165, 1.54) is 6.42 Å². The van der Waals surface area contributed by atoms with Gasteiger partial charge in [0.15, 0.2) is 10.4 Å². The van der Waals surface area contributed by atoms with Crippen LogP contribution < -0.4 is 5.32 Å². The first-order valence-corrected chi connectivity index (χ1v) is 6.43. The predicted molar refractivity (Wildman–Crippen MR) is 65.2 cm³/mol. The van der Waals surface area contributed by atoms with Crippen LogP contribution in [0.2, 0.25) is 0 Å². The minimum Gasteiger partial charge on any atom is -0.444 e. The highest BCUT2D eigenvalue weighted by Gasteiger charge is 2.31. The molecule has 1 amide bonds. The summed E-state index contributed by atoms with van der Waals surface area (Å²) in [6, 6.07) is 3.70. The fourth-order valence-electron chi connectivity index (χ4n) is 2.24. The van der Waals surface area contributed by atoms with Gasteiger partial charge in [-0.15, -0.1) is 0 Å². The van der Waals surface area contributed by atoms with E-state index in [1.807, 2.05) is 0 Å². The summed E-state index contributed by atoms with van der Waals surface area (Å²) in [6.07, 6.45) is 2.25. The Morgan fingerprint density at radius 2 is 2.19 bits per heavy atom. The van der Waals surface area contributed by atoms with Gasteiger partial charge in [-0.3, -0.25) is 4.79 Å². The van der Waals surface area contributed by atoms with Crippen molar-refractivity contribution in [3.63, 3.8) is 0 Å². The van der Waals surface area contributed by atoms with Crippen molar-refractivity contribution in [1.29, 1.82) is 0 Å². The Bertz CT molecular complexity index is 388. The second-order valence-electron chi connectivity index (χ2n) is 4.60. The van der Waals surface area contributed by atoms with Crippen LogP contribution >= 0.6 is 15.9 Å². The van der Waals surface area contributed by atoms with E-state index in [0.717, 1.165) is 6.42 Å². The van der Waals surface area contributed by atoms with E-state index in [4.69, 9.17) is 4.42 Å². The van der Waals surface area contributed by atoms with Crippen molar-refractivity contribution in [2.45, 2.75) is 32.7 Å². The summed E-state index contributed by atoms with van der Waals surface area (Å²) in [7, 11) is 0. The molecule has 0 aromatic carbocycles. The van der Waals surface area contributed by atoms with Crippen LogP contribution in [0.15, 0.2) is 21.2 Å². The maximum Gasteiger partial charge on any atom is 0.287 e. The fraction of sp³-hybridized carbons (Fsp3) is 0.583. The molecule has 1 N–H and O–H groups in total. The third-order valence-corrected chi connectivity index (χ3v) is 4.00. The molecule has 3 unspecified atom stereocenters. The van der Waals surface area contributed by atoms with E-state index < -0.39 is 0 Å². The van der Waals surface area contributed by atoms with Gasteiger partial charge in [0.25, 0.3) is 5.91 Å². The maximum absolute atomic E-state index is 11.8. The van der Waals surface area contributed by atoms with Gasteiger partial charge in [-0.25, -0.2) is 0 Å². The van der Waals surface area contributed by atoms with Crippen LogP contribution in [-0.2, 0) is 0 Å². The molecule has 0 radical (unpaired) electrons. The molecular formula is C12H16BrNO2. The minimum absolute atomic E-state index is 0.114. The molecule has 1 aliphatic carbocycles. The molecule has 1 heterocycles. The number of rotatable bonds is 2. The van der Waals surface area contributed by atoms with Crippen LogP contribution in [0.3, 0.4) is 0 Å². The molecule has 88 valence electrons. The van der Waals surface area contributed by atoms with Gasteiger partial charge in [0.05, 0.1) is 0 Å². The van der Waals surface area contributed by atoms with Crippen LogP contribution in [0, 0.1) is 11.8 Å². The molecule has 1 saturated carbocycles.